The SMILES string of the molecule is CCCNC(=O)CCNC(=O)c1ccc(Br)c(O)c1. The number of carbonyl (C=O) groups is 2. The Kier molecular flexibility index (Phi) is 6.35. The van der Waals surface area contributed by atoms with Crippen molar-refractivity contribution in [2.24, 2.45) is 0 Å². The zero-order chi connectivity index (χ0) is 14.3. The van der Waals surface area contributed by atoms with Crippen LogP contribution in [0.15, 0.2) is 22.7 Å². The molecule has 0 spiro atoms. The Balaban J connectivity index is 2.39. The lowest BCUT2D eigenvalue weighted by molar-refractivity contribution is -0.120. The van der Waals surface area contributed by atoms with Gasteiger partial charge in [0.2, 0.25) is 5.91 Å². The Hall–Kier alpha value is -1.56. The van der Waals surface area contributed by atoms with Crippen molar-refractivity contribution in [3.05, 3.63) is 28.2 Å². The molecule has 19 heavy (non-hydrogen) atoms. The fourth-order valence-electron chi connectivity index (χ4n) is 1.40. The van der Waals surface area contributed by atoms with Crippen LogP contribution >= 0.6 is 15.9 Å². The molecule has 0 saturated carbocycles. The van der Waals surface area contributed by atoms with Gasteiger partial charge in [-0.25, -0.2) is 0 Å². The van der Waals surface area contributed by atoms with Crippen LogP contribution in [0.4, 0.5) is 0 Å². The molecule has 0 aliphatic heterocycles. The molecule has 5 nitrogen and oxygen atoms in total. The Morgan fingerprint density at radius 1 is 1.26 bits per heavy atom. The number of hydrogen-bond acceptors (Lipinski definition) is 3. The van der Waals surface area contributed by atoms with Gasteiger partial charge < -0.3 is 15.7 Å². The highest BCUT2D eigenvalue weighted by Gasteiger charge is 2.08. The number of nitrogens with one attached hydrogen (secondary N) is 2. The average Bonchev–Trinajstić information content (AvgIpc) is 2.39. The smallest absolute Gasteiger partial charge is 0.251 e. The molecule has 0 heterocycles. The summed E-state index contributed by atoms with van der Waals surface area (Å²) >= 11 is 3.14. The van der Waals surface area contributed by atoms with Gasteiger partial charge in [-0.15, -0.1) is 0 Å². The zero-order valence-electron chi connectivity index (χ0n) is 10.7. The number of rotatable bonds is 6. The lowest BCUT2D eigenvalue weighted by atomic mass is 10.2. The number of aromatic hydroxyl groups is 1. The minimum absolute atomic E-state index is 0.00772. The van der Waals surface area contributed by atoms with Gasteiger partial charge in [-0.3, -0.25) is 9.59 Å². The first-order chi connectivity index (χ1) is 9.04. The van der Waals surface area contributed by atoms with Crippen LogP contribution in [-0.4, -0.2) is 30.0 Å². The highest BCUT2D eigenvalue weighted by molar-refractivity contribution is 9.10. The number of phenols is 1. The summed E-state index contributed by atoms with van der Waals surface area (Å²) in [4.78, 5) is 23.0. The Morgan fingerprint density at radius 3 is 2.63 bits per heavy atom. The first kappa shape index (κ1) is 15.5. The molecule has 0 aromatic heterocycles. The van der Waals surface area contributed by atoms with Crippen LogP contribution in [0, 0.1) is 0 Å². The highest BCUT2D eigenvalue weighted by Crippen LogP contribution is 2.24. The van der Waals surface area contributed by atoms with Crippen LogP contribution in [0.25, 0.3) is 0 Å². The summed E-state index contributed by atoms with van der Waals surface area (Å²) in [6.07, 6.45) is 1.13. The van der Waals surface area contributed by atoms with E-state index in [0.717, 1.165) is 6.42 Å². The van der Waals surface area contributed by atoms with Gasteiger partial charge >= 0.3 is 0 Å². The van der Waals surface area contributed by atoms with Crippen molar-refractivity contribution in [2.75, 3.05) is 13.1 Å². The second kappa shape index (κ2) is 7.78. The summed E-state index contributed by atoms with van der Waals surface area (Å²) in [6.45, 7) is 2.89. The lowest BCUT2D eigenvalue weighted by Crippen LogP contribution is -2.31. The second-order valence-electron chi connectivity index (χ2n) is 4.02. The molecule has 2 amide bonds. The summed E-state index contributed by atoms with van der Waals surface area (Å²) in [6, 6.07) is 4.56. The molecule has 0 unspecified atom stereocenters. The second-order valence-corrected chi connectivity index (χ2v) is 4.88. The predicted octanol–water partition coefficient (Wildman–Crippen LogP) is 1.80. The number of halogens is 1. The molecule has 0 aliphatic rings. The third-order valence-electron chi connectivity index (χ3n) is 2.42. The minimum atomic E-state index is -0.314. The maximum Gasteiger partial charge on any atom is 0.251 e. The summed E-state index contributed by atoms with van der Waals surface area (Å²) in [5, 5.41) is 14.8. The van der Waals surface area contributed by atoms with Gasteiger partial charge in [-0.2, -0.15) is 0 Å². The number of benzene rings is 1. The molecule has 0 saturated heterocycles. The largest absolute Gasteiger partial charge is 0.507 e. The molecule has 104 valence electrons. The first-order valence-electron chi connectivity index (χ1n) is 6.08. The van der Waals surface area contributed by atoms with Crippen molar-refractivity contribution < 1.29 is 14.7 Å². The van der Waals surface area contributed by atoms with Crippen LogP contribution in [0.5, 0.6) is 5.75 Å². The Bertz CT molecular complexity index is 463. The molecule has 3 N–H and O–H groups in total. The van der Waals surface area contributed by atoms with Gasteiger partial charge in [-0.1, -0.05) is 6.92 Å². The van der Waals surface area contributed by atoms with Crippen molar-refractivity contribution in [2.45, 2.75) is 19.8 Å². The van der Waals surface area contributed by atoms with E-state index in [-0.39, 0.29) is 30.5 Å². The number of hydrogen-bond donors (Lipinski definition) is 3. The minimum Gasteiger partial charge on any atom is -0.507 e. The fraction of sp³-hybridized carbons (Fsp3) is 0.385. The molecule has 1 aromatic rings. The molecule has 0 bridgehead atoms. The van der Waals surface area contributed by atoms with E-state index in [4.69, 9.17) is 0 Å². The Labute approximate surface area is 120 Å². The molecule has 1 rings (SSSR count). The van der Waals surface area contributed by atoms with Gasteiger partial charge in [0.05, 0.1) is 4.47 Å². The number of carbonyl (C=O) groups excluding carboxylic acids is 2. The molecule has 0 aliphatic carbocycles. The van der Waals surface area contributed by atoms with Crippen molar-refractivity contribution in [1.82, 2.24) is 10.6 Å². The van der Waals surface area contributed by atoms with E-state index in [1.165, 1.54) is 6.07 Å². The van der Waals surface area contributed by atoms with E-state index >= 15 is 0 Å². The third-order valence-corrected chi connectivity index (χ3v) is 3.09. The third kappa shape index (κ3) is 5.30. The molecule has 0 atom stereocenters. The van der Waals surface area contributed by atoms with Crippen molar-refractivity contribution in [1.29, 1.82) is 0 Å². The molecule has 6 heteroatoms. The van der Waals surface area contributed by atoms with E-state index < -0.39 is 0 Å². The van der Waals surface area contributed by atoms with Gasteiger partial charge in [-0.05, 0) is 40.5 Å². The summed E-state index contributed by atoms with van der Waals surface area (Å²) in [5.41, 5.74) is 0.356. The van der Waals surface area contributed by atoms with E-state index in [1.807, 2.05) is 6.92 Å². The fourth-order valence-corrected chi connectivity index (χ4v) is 1.64. The molecular weight excluding hydrogens is 312 g/mol. The van der Waals surface area contributed by atoms with Gasteiger partial charge in [0.25, 0.3) is 5.91 Å². The van der Waals surface area contributed by atoms with E-state index in [0.29, 0.717) is 16.6 Å². The van der Waals surface area contributed by atoms with Gasteiger partial charge in [0, 0.05) is 25.1 Å². The highest BCUT2D eigenvalue weighted by atomic mass is 79.9. The monoisotopic (exact) mass is 328 g/mol. The van der Waals surface area contributed by atoms with Crippen LogP contribution in [0.2, 0.25) is 0 Å². The summed E-state index contributed by atoms with van der Waals surface area (Å²) in [5.74, 6) is -0.389. The normalized spacial score (nSPS) is 10.0. The number of phenolic OH excluding ortho intramolecular Hbond substituents is 1. The molecular formula is C13H17BrN2O3. The number of amides is 2. The van der Waals surface area contributed by atoms with Crippen LogP contribution < -0.4 is 10.6 Å². The zero-order valence-corrected chi connectivity index (χ0v) is 12.3. The van der Waals surface area contributed by atoms with E-state index in [9.17, 15) is 14.7 Å². The maximum absolute atomic E-state index is 11.7. The van der Waals surface area contributed by atoms with Crippen LogP contribution in [-0.2, 0) is 4.79 Å². The lowest BCUT2D eigenvalue weighted by Gasteiger charge is -2.06. The molecule has 0 radical (unpaired) electrons. The van der Waals surface area contributed by atoms with Gasteiger partial charge in [0.15, 0.2) is 0 Å². The van der Waals surface area contributed by atoms with Crippen molar-refractivity contribution >= 4 is 27.7 Å². The predicted molar refractivity (Wildman–Crippen MR) is 76.1 cm³/mol. The van der Waals surface area contributed by atoms with Crippen LogP contribution in [0.1, 0.15) is 30.1 Å². The molecule has 0 fully saturated rings. The topological polar surface area (TPSA) is 78.4 Å². The van der Waals surface area contributed by atoms with Crippen molar-refractivity contribution in [3.63, 3.8) is 0 Å². The standard InChI is InChI=1S/C13H17BrN2O3/c1-2-6-15-12(18)5-7-16-13(19)9-3-4-10(14)11(17)8-9/h3-4,8,17H,2,5-7H2,1H3,(H,15,18)(H,16,19). The summed E-state index contributed by atoms with van der Waals surface area (Å²) in [7, 11) is 0. The average molecular weight is 329 g/mol. The first-order valence-corrected chi connectivity index (χ1v) is 6.87. The summed E-state index contributed by atoms with van der Waals surface area (Å²) < 4.78 is 0.531. The van der Waals surface area contributed by atoms with Crippen LogP contribution in [0.3, 0.4) is 0 Å². The maximum atomic E-state index is 11.7. The van der Waals surface area contributed by atoms with Crippen molar-refractivity contribution in [3.8, 4) is 5.75 Å². The van der Waals surface area contributed by atoms with E-state index in [1.54, 1.807) is 12.1 Å². The Morgan fingerprint density at radius 2 is 2.00 bits per heavy atom. The quantitative estimate of drug-likeness (QED) is 0.745. The van der Waals surface area contributed by atoms with Gasteiger partial charge in [0.1, 0.15) is 5.75 Å². The van der Waals surface area contributed by atoms with E-state index in [2.05, 4.69) is 26.6 Å². The molecule has 1 aromatic carbocycles.